The smallest absolute Gasteiger partial charge is 0.308 e. The van der Waals surface area contributed by atoms with Crippen molar-refractivity contribution in [2.45, 2.75) is 6.42 Å². The van der Waals surface area contributed by atoms with Crippen LogP contribution in [0, 0.1) is 0 Å². The molecule has 178 valence electrons. The molecule has 0 aliphatic carbocycles. The Morgan fingerprint density at radius 3 is 1.77 bits per heavy atom. The third kappa shape index (κ3) is 4.93. The van der Waals surface area contributed by atoms with Gasteiger partial charge in [0, 0.05) is 12.1 Å². The minimum absolute atomic E-state index is 0.144. The zero-order valence-corrected chi connectivity index (χ0v) is 20.8. The van der Waals surface area contributed by atoms with E-state index in [9.17, 15) is 19.2 Å². The number of esters is 1. The molecule has 10 heteroatoms. The fourth-order valence-corrected chi connectivity index (χ4v) is 4.60. The molecule has 1 aliphatic rings. The molecular weight excluding hydrogens is 536 g/mol. The van der Waals surface area contributed by atoms with E-state index in [-0.39, 0.29) is 50.0 Å². The first-order chi connectivity index (χ1) is 16.7. The van der Waals surface area contributed by atoms with Crippen LogP contribution in [0.2, 0.25) is 20.1 Å². The van der Waals surface area contributed by atoms with Crippen LogP contribution in [-0.2, 0) is 9.53 Å². The maximum Gasteiger partial charge on any atom is 0.308 e. The zero-order valence-electron chi connectivity index (χ0n) is 17.8. The number of hydrogen-bond acceptors (Lipinski definition) is 5. The second kappa shape index (κ2) is 10.4. The standard InChI is InChI=1S/C25H15Cl4NO5/c26-20-18-19(21(27)23(29)22(20)28)25(34)30(24(18)33)11-10-17(32)35-12-16(31)15-8-6-14(7-9-15)13-4-2-1-3-5-13/h1-9H,10-12H2. The van der Waals surface area contributed by atoms with Gasteiger partial charge in [-0.25, -0.2) is 0 Å². The second-order valence-corrected chi connectivity index (χ2v) is 9.06. The highest BCUT2D eigenvalue weighted by molar-refractivity contribution is 6.55. The van der Waals surface area contributed by atoms with Crippen LogP contribution in [0.4, 0.5) is 0 Å². The molecule has 0 radical (unpaired) electrons. The lowest BCUT2D eigenvalue weighted by Crippen LogP contribution is -2.32. The molecule has 0 fully saturated rings. The fourth-order valence-electron chi connectivity index (χ4n) is 3.58. The Labute approximate surface area is 220 Å². The lowest BCUT2D eigenvalue weighted by molar-refractivity contribution is -0.142. The number of amides is 2. The summed E-state index contributed by atoms with van der Waals surface area (Å²) in [4.78, 5) is 50.8. The number of carbonyl (C=O) groups excluding carboxylic acids is 4. The van der Waals surface area contributed by atoms with Crippen molar-refractivity contribution in [3.63, 3.8) is 0 Å². The molecule has 3 aromatic rings. The van der Waals surface area contributed by atoms with Crippen molar-refractivity contribution >= 4 is 70.0 Å². The molecule has 0 N–H and O–H groups in total. The first kappa shape index (κ1) is 25.2. The Balaban J connectivity index is 1.34. The number of carbonyl (C=O) groups is 4. The number of fused-ring (bicyclic) bond motifs is 1. The average molecular weight is 551 g/mol. The molecule has 0 unspecified atom stereocenters. The molecule has 1 aliphatic heterocycles. The van der Waals surface area contributed by atoms with E-state index in [0.717, 1.165) is 16.0 Å². The molecule has 4 rings (SSSR count). The Morgan fingerprint density at radius 1 is 0.714 bits per heavy atom. The monoisotopic (exact) mass is 549 g/mol. The number of ketones is 1. The maximum atomic E-state index is 12.7. The summed E-state index contributed by atoms with van der Waals surface area (Å²) in [5.41, 5.74) is 2.01. The van der Waals surface area contributed by atoms with Gasteiger partial charge in [-0.15, -0.1) is 0 Å². The van der Waals surface area contributed by atoms with Crippen molar-refractivity contribution in [2.75, 3.05) is 13.2 Å². The van der Waals surface area contributed by atoms with Gasteiger partial charge in [-0.05, 0) is 11.1 Å². The van der Waals surface area contributed by atoms with Gasteiger partial charge in [-0.2, -0.15) is 0 Å². The van der Waals surface area contributed by atoms with Gasteiger partial charge in [0.25, 0.3) is 11.8 Å². The third-order valence-electron chi connectivity index (χ3n) is 5.40. The summed E-state index contributed by atoms with van der Waals surface area (Å²) >= 11 is 24.1. The number of hydrogen-bond donors (Lipinski definition) is 0. The minimum Gasteiger partial charge on any atom is -0.457 e. The summed E-state index contributed by atoms with van der Waals surface area (Å²) in [6.45, 7) is -0.776. The van der Waals surface area contributed by atoms with Crippen LogP contribution in [0.15, 0.2) is 54.6 Å². The van der Waals surface area contributed by atoms with E-state index < -0.39 is 24.4 Å². The van der Waals surface area contributed by atoms with Crippen LogP contribution in [0.25, 0.3) is 11.1 Å². The molecule has 35 heavy (non-hydrogen) atoms. The van der Waals surface area contributed by atoms with Crippen LogP contribution in [0.5, 0.6) is 0 Å². The Bertz CT molecular complexity index is 1310. The van der Waals surface area contributed by atoms with Crippen molar-refractivity contribution < 1.29 is 23.9 Å². The molecule has 0 saturated heterocycles. The number of benzene rings is 3. The molecule has 0 saturated carbocycles. The maximum absolute atomic E-state index is 12.7. The highest BCUT2D eigenvalue weighted by atomic mass is 35.5. The predicted molar refractivity (Wildman–Crippen MR) is 134 cm³/mol. The van der Waals surface area contributed by atoms with Gasteiger partial charge in [-0.3, -0.25) is 24.1 Å². The molecule has 2 amide bonds. The van der Waals surface area contributed by atoms with Crippen LogP contribution >= 0.6 is 46.4 Å². The molecule has 0 bridgehead atoms. The van der Waals surface area contributed by atoms with Gasteiger partial charge < -0.3 is 4.74 Å². The van der Waals surface area contributed by atoms with E-state index in [4.69, 9.17) is 51.1 Å². The van der Waals surface area contributed by atoms with E-state index in [0.29, 0.717) is 5.56 Å². The largest absolute Gasteiger partial charge is 0.457 e. The van der Waals surface area contributed by atoms with E-state index >= 15 is 0 Å². The van der Waals surface area contributed by atoms with Crippen molar-refractivity contribution in [1.82, 2.24) is 4.90 Å². The normalized spacial score (nSPS) is 12.6. The number of nitrogens with zero attached hydrogens (tertiary/aromatic N) is 1. The third-order valence-corrected chi connectivity index (χ3v) is 7.20. The van der Waals surface area contributed by atoms with E-state index in [1.54, 1.807) is 24.3 Å². The van der Waals surface area contributed by atoms with Crippen molar-refractivity contribution in [2.24, 2.45) is 0 Å². The summed E-state index contributed by atoms with van der Waals surface area (Å²) in [5.74, 6) is -2.65. The van der Waals surface area contributed by atoms with Gasteiger partial charge in [0.05, 0.1) is 37.6 Å². The number of Topliss-reactive ketones (excluding diaryl/α,β-unsaturated/α-hetero) is 1. The molecular formula is C25H15Cl4NO5. The van der Waals surface area contributed by atoms with Crippen LogP contribution < -0.4 is 0 Å². The molecule has 6 nitrogen and oxygen atoms in total. The van der Waals surface area contributed by atoms with E-state index in [1.165, 1.54) is 0 Å². The molecule has 0 aromatic heterocycles. The number of imide groups is 1. The first-order valence-electron chi connectivity index (χ1n) is 10.3. The summed E-state index contributed by atoms with van der Waals surface area (Å²) in [7, 11) is 0. The number of halogens is 4. The van der Waals surface area contributed by atoms with E-state index in [1.807, 2.05) is 30.3 Å². The molecule has 0 spiro atoms. The summed E-state index contributed by atoms with van der Waals surface area (Å²) in [6, 6.07) is 16.6. The van der Waals surface area contributed by atoms with Gasteiger partial charge in [0.15, 0.2) is 12.4 Å². The summed E-state index contributed by atoms with van der Waals surface area (Å²) in [6.07, 6.45) is -0.331. The fraction of sp³-hybridized carbons (Fsp3) is 0.120. The Morgan fingerprint density at radius 2 is 1.23 bits per heavy atom. The topological polar surface area (TPSA) is 80.8 Å². The first-order valence-corrected chi connectivity index (χ1v) is 11.8. The van der Waals surface area contributed by atoms with Crippen molar-refractivity contribution in [3.8, 4) is 11.1 Å². The van der Waals surface area contributed by atoms with Crippen LogP contribution in [-0.4, -0.2) is 41.6 Å². The quantitative estimate of drug-likeness (QED) is 0.112. The Kier molecular flexibility index (Phi) is 7.47. The van der Waals surface area contributed by atoms with E-state index in [2.05, 4.69) is 0 Å². The Hall–Kier alpha value is -2.90. The van der Waals surface area contributed by atoms with Crippen molar-refractivity contribution in [3.05, 3.63) is 91.4 Å². The van der Waals surface area contributed by atoms with Crippen molar-refractivity contribution in [1.29, 1.82) is 0 Å². The predicted octanol–water partition coefficient (Wildman–Crippen LogP) is 6.38. The van der Waals surface area contributed by atoms with Gasteiger partial charge in [-0.1, -0.05) is 101 Å². The molecule has 3 aromatic carbocycles. The second-order valence-electron chi connectivity index (χ2n) is 7.55. The van der Waals surface area contributed by atoms with Gasteiger partial charge >= 0.3 is 5.97 Å². The molecule has 0 atom stereocenters. The molecule has 1 heterocycles. The lowest BCUT2D eigenvalue weighted by atomic mass is 10.0. The van der Waals surface area contributed by atoms with Crippen LogP contribution in [0.3, 0.4) is 0 Å². The lowest BCUT2D eigenvalue weighted by Gasteiger charge is -2.13. The van der Waals surface area contributed by atoms with Gasteiger partial charge in [0.1, 0.15) is 0 Å². The zero-order chi connectivity index (χ0) is 25.3. The number of ether oxygens (including phenoxy) is 1. The number of rotatable bonds is 7. The average Bonchev–Trinajstić information content (AvgIpc) is 3.13. The highest BCUT2D eigenvalue weighted by Gasteiger charge is 2.41. The SMILES string of the molecule is O=C(CCN1C(=O)c2c(Cl)c(Cl)c(Cl)c(Cl)c2C1=O)OCC(=O)c1ccc(-c2ccccc2)cc1. The minimum atomic E-state index is -0.760. The van der Waals surface area contributed by atoms with Crippen LogP contribution in [0.1, 0.15) is 37.5 Å². The summed E-state index contributed by atoms with van der Waals surface area (Å²) < 4.78 is 5.03. The van der Waals surface area contributed by atoms with Gasteiger partial charge in [0.2, 0.25) is 0 Å². The summed E-state index contributed by atoms with van der Waals surface area (Å²) in [5, 5.41) is -0.670. The highest BCUT2D eigenvalue weighted by Crippen LogP contribution is 2.44.